The van der Waals surface area contributed by atoms with Crippen LogP contribution in [-0.4, -0.2) is 25.3 Å². The first-order valence-corrected chi connectivity index (χ1v) is 7.07. The molecule has 1 aliphatic rings. The highest BCUT2D eigenvalue weighted by atomic mass is 16.5. The van der Waals surface area contributed by atoms with Gasteiger partial charge in [0, 0.05) is 11.5 Å². The summed E-state index contributed by atoms with van der Waals surface area (Å²) in [5, 5.41) is 9.15. The summed E-state index contributed by atoms with van der Waals surface area (Å²) < 4.78 is 11.0. The van der Waals surface area contributed by atoms with Crippen molar-refractivity contribution >= 4 is 5.97 Å². The van der Waals surface area contributed by atoms with Gasteiger partial charge in [0.25, 0.3) is 0 Å². The van der Waals surface area contributed by atoms with Gasteiger partial charge >= 0.3 is 5.97 Å². The van der Waals surface area contributed by atoms with E-state index < -0.39 is 5.97 Å². The summed E-state index contributed by atoms with van der Waals surface area (Å²) in [5.41, 5.74) is 2.03. The van der Waals surface area contributed by atoms with E-state index in [1.54, 1.807) is 14.2 Å². The fourth-order valence-corrected chi connectivity index (χ4v) is 2.90. The largest absolute Gasteiger partial charge is 0.496 e. The molecule has 1 aromatic carbocycles. The number of hydrogen-bond acceptors (Lipinski definition) is 3. The Balaban J connectivity index is 2.45. The molecule has 1 fully saturated rings. The second-order valence-electron chi connectivity index (χ2n) is 5.26. The van der Waals surface area contributed by atoms with Gasteiger partial charge in [-0.05, 0) is 36.8 Å². The zero-order valence-electron chi connectivity index (χ0n) is 12.3. The molecule has 1 atom stereocenters. The van der Waals surface area contributed by atoms with Crippen LogP contribution < -0.4 is 9.47 Å². The van der Waals surface area contributed by atoms with Crippen molar-refractivity contribution in [1.82, 2.24) is 0 Å². The monoisotopic (exact) mass is 278 g/mol. The number of ether oxygens (including phenoxy) is 2. The fraction of sp³-hybridized carbons (Fsp3) is 0.562. The van der Waals surface area contributed by atoms with Crippen molar-refractivity contribution in [2.75, 3.05) is 14.2 Å². The number of carboxylic acids is 1. The van der Waals surface area contributed by atoms with E-state index in [0.29, 0.717) is 5.92 Å². The molecule has 1 N–H and O–H groups in total. The molecule has 0 spiro atoms. The highest BCUT2D eigenvalue weighted by molar-refractivity contribution is 5.69. The lowest BCUT2D eigenvalue weighted by molar-refractivity contribution is -0.137. The molecule has 1 saturated carbocycles. The number of benzene rings is 1. The van der Waals surface area contributed by atoms with E-state index in [4.69, 9.17) is 14.6 Å². The predicted molar refractivity (Wildman–Crippen MR) is 76.6 cm³/mol. The average molecular weight is 278 g/mol. The van der Waals surface area contributed by atoms with E-state index in [0.717, 1.165) is 41.9 Å². The Morgan fingerprint density at radius 2 is 2.05 bits per heavy atom. The maximum absolute atomic E-state index is 11.1. The molecular formula is C16H22O4. The molecule has 1 unspecified atom stereocenters. The summed E-state index contributed by atoms with van der Waals surface area (Å²) >= 11 is 0. The van der Waals surface area contributed by atoms with E-state index in [9.17, 15) is 4.79 Å². The van der Waals surface area contributed by atoms with Gasteiger partial charge in [0.15, 0.2) is 0 Å². The zero-order chi connectivity index (χ0) is 14.7. The minimum absolute atomic E-state index is 0.0404. The van der Waals surface area contributed by atoms with E-state index in [1.165, 1.54) is 0 Å². The number of carbonyl (C=O) groups is 1. The smallest absolute Gasteiger partial charge is 0.303 e. The van der Waals surface area contributed by atoms with Crippen molar-refractivity contribution in [3.63, 3.8) is 0 Å². The summed E-state index contributed by atoms with van der Waals surface area (Å²) in [5.74, 6) is 1.36. The SMILES string of the molecule is CCc1c(OC)ccc(C(CC(=O)O)C2CC2)c1OC. The van der Waals surface area contributed by atoms with Gasteiger partial charge in [-0.2, -0.15) is 0 Å². The van der Waals surface area contributed by atoms with E-state index in [-0.39, 0.29) is 12.3 Å². The van der Waals surface area contributed by atoms with E-state index >= 15 is 0 Å². The zero-order valence-corrected chi connectivity index (χ0v) is 12.3. The summed E-state index contributed by atoms with van der Waals surface area (Å²) in [6, 6.07) is 3.89. The highest BCUT2D eigenvalue weighted by Crippen LogP contribution is 2.48. The van der Waals surface area contributed by atoms with Crippen molar-refractivity contribution in [3.05, 3.63) is 23.3 Å². The van der Waals surface area contributed by atoms with Crippen LogP contribution in [0.25, 0.3) is 0 Å². The number of carboxylic acid groups (broad SMARTS) is 1. The Labute approximate surface area is 119 Å². The van der Waals surface area contributed by atoms with Gasteiger partial charge in [-0.3, -0.25) is 4.79 Å². The Morgan fingerprint density at radius 1 is 1.35 bits per heavy atom. The first-order valence-electron chi connectivity index (χ1n) is 7.07. The Morgan fingerprint density at radius 3 is 2.50 bits per heavy atom. The molecule has 4 nitrogen and oxygen atoms in total. The third-order valence-corrected chi connectivity index (χ3v) is 4.01. The van der Waals surface area contributed by atoms with Crippen LogP contribution in [0.3, 0.4) is 0 Å². The molecule has 0 bridgehead atoms. The Kier molecular flexibility index (Phi) is 4.53. The van der Waals surface area contributed by atoms with Crippen molar-refractivity contribution in [2.24, 2.45) is 5.92 Å². The van der Waals surface area contributed by atoms with E-state index in [1.807, 2.05) is 19.1 Å². The van der Waals surface area contributed by atoms with Crippen LogP contribution >= 0.6 is 0 Å². The van der Waals surface area contributed by atoms with Crippen molar-refractivity contribution < 1.29 is 19.4 Å². The Bertz CT molecular complexity index is 491. The maximum atomic E-state index is 11.1. The van der Waals surface area contributed by atoms with Gasteiger partial charge in [0.1, 0.15) is 11.5 Å². The minimum Gasteiger partial charge on any atom is -0.496 e. The fourth-order valence-electron chi connectivity index (χ4n) is 2.90. The molecule has 20 heavy (non-hydrogen) atoms. The third kappa shape index (κ3) is 2.89. The van der Waals surface area contributed by atoms with Crippen LogP contribution in [0, 0.1) is 5.92 Å². The van der Waals surface area contributed by atoms with Crippen molar-refractivity contribution in [3.8, 4) is 11.5 Å². The number of rotatable bonds is 7. The van der Waals surface area contributed by atoms with Crippen LogP contribution in [0.2, 0.25) is 0 Å². The highest BCUT2D eigenvalue weighted by Gasteiger charge is 2.36. The summed E-state index contributed by atoms with van der Waals surface area (Å²) in [4.78, 5) is 11.1. The molecule has 0 heterocycles. The van der Waals surface area contributed by atoms with Gasteiger partial charge < -0.3 is 14.6 Å². The molecule has 1 aliphatic carbocycles. The first-order chi connectivity index (χ1) is 9.62. The molecule has 0 aliphatic heterocycles. The lowest BCUT2D eigenvalue weighted by atomic mass is 9.88. The molecule has 1 aromatic rings. The number of methoxy groups -OCH3 is 2. The predicted octanol–water partition coefficient (Wildman–Crippen LogP) is 3.23. The first kappa shape index (κ1) is 14.7. The van der Waals surface area contributed by atoms with Gasteiger partial charge in [-0.1, -0.05) is 13.0 Å². The summed E-state index contributed by atoms with van der Waals surface area (Å²) in [7, 11) is 3.28. The molecule has 110 valence electrons. The molecule has 0 aromatic heterocycles. The lowest BCUT2D eigenvalue weighted by Crippen LogP contribution is -2.11. The van der Waals surface area contributed by atoms with Crippen LogP contribution in [0.5, 0.6) is 11.5 Å². The van der Waals surface area contributed by atoms with Crippen LogP contribution in [0.1, 0.15) is 43.2 Å². The van der Waals surface area contributed by atoms with Gasteiger partial charge in [-0.25, -0.2) is 0 Å². The third-order valence-electron chi connectivity index (χ3n) is 4.01. The van der Waals surface area contributed by atoms with Gasteiger partial charge in [0.2, 0.25) is 0 Å². The Hall–Kier alpha value is -1.71. The molecular weight excluding hydrogens is 256 g/mol. The van der Waals surface area contributed by atoms with E-state index in [2.05, 4.69) is 0 Å². The maximum Gasteiger partial charge on any atom is 0.303 e. The van der Waals surface area contributed by atoms with Crippen LogP contribution in [0.15, 0.2) is 12.1 Å². The number of hydrogen-bond donors (Lipinski definition) is 1. The number of aliphatic carboxylic acids is 1. The summed E-state index contributed by atoms with van der Waals surface area (Å²) in [6.07, 6.45) is 3.17. The van der Waals surface area contributed by atoms with Gasteiger partial charge in [-0.15, -0.1) is 0 Å². The quantitative estimate of drug-likeness (QED) is 0.832. The van der Waals surface area contributed by atoms with Crippen LogP contribution in [-0.2, 0) is 11.2 Å². The van der Waals surface area contributed by atoms with Crippen LogP contribution in [0.4, 0.5) is 0 Å². The summed E-state index contributed by atoms with van der Waals surface area (Å²) in [6.45, 7) is 2.05. The normalized spacial score (nSPS) is 15.8. The molecule has 2 rings (SSSR count). The topological polar surface area (TPSA) is 55.8 Å². The molecule has 0 radical (unpaired) electrons. The van der Waals surface area contributed by atoms with Gasteiger partial charge in [0.05, 0.1) is 20.6 Å². The van der Waals surface area contributed by atoms with Crippen molar-refractivity contribution in [2.45, 2.75) is 38.5 Å². The standard InChI is InChI=1S/C16H22O4/c1-4-11-14(19-2)8-7-12(16(11)20-3)13(9-15(17)18)10-5-6-10/h7-8,10,13H,4-6,9H2,1-3H3,(H,17,18). The molecule has 4 heteroatoms. The molecule has 0 amide bonds. The lowest BCUT2D eigenvalue weighted by Gasteiger charge is -2.21. The van der Waals surface area contributed by atoms with Crippen molar-refractivity contribution in [1.29, 1.82) is 0 Å². The molecule has 0 saturated heterocycles. The second kappa shape index (κ2) is 6.16. The second-order valence-corrected chi connectivity index (χ2v) is 5.26. The average Bonchev–Trinajstić information content (AvgIpc) is 3.27. The minimum atomic E-state index is -0.752.